The maximum Gasteiger partial charge on any atom is 0.261 e. The second-order valence-corrected chi connectivity index (χ2v) is 4.47. The van der Waals surface area contributed by atoms with Crippen molar-refractivity contribution >= 4 is 5.91 Å². The van der Waals surface area contributed by atoms with E-state index < -0.39 is 18.0 Å². The number of benzene rings is 1. The fourth-order valence-corrected chi connectivity index (χ4v) is 1.89. The molecule has 1 aromatic carbocycles. The highest BCUT2D eigenvalue weighted by atomic mass is 19.1. The molecule has 1 aliphatic rings. The minimum absolute atomic E-state index is 0.174. The van der Waals surface area contributed by atoms with Gasteiger partial charge in [-0.3, -0.25) is 4.79 Å². The molecule has 2 N–H and O–H groups in total. The SMILES string of the molecule is CC(O)CCNC(=O)C1Cc2cccc(F)c2O1. The Balaban J connectivity index is 1.90. The second-order valence-electron chi connectivity index (χ2n) is 4.47. The van der Waals surface area contributed by atoms with Crippen molar-refractivity contribution in [1.29, 1.82) is 0 Å². The van der Waals surface area contributed by atoms with E-state index in [0.29, 0.717) is 24.9 Å². The van der Waals surface area contributed by atoms with Crippen molar-refractivity contribution in [3.8, 4) is 5.75 Å². The first-order valence-electron chi connectivity index (χ1n) is 5.97. The van der Waals surface area contributed by atoms with Gasteiger partial charge in [0.05, 0.1) is 6.10 Å². The average Bonchev–Trinajstić information content (AvgIpc) is 2.74. The number of rotatable bonds is 4. The molecule has 0 radical (unpaired) electrons. The van der Waals surface area contributed by atoms with Gasteiger partial charge in [0.15, 0.2) is 17.7 Å². The highest BCUT2D eigenvalue weighted by molar-refractivity contribution is 5.82. The number of nitrogens with one attached hydrogen (secondary N) is 1. The van der Waals surface area contributed by atoms with Crippen LogP contribution >= 0.6 is 0 Å². The van der Waals surface area contributed by atoms with E-state index in [9.17, 15) is 9.18 Å². The number of halogens is 1. The Morgan fingerprint density at radius 2 is 2.44 bits per heavy atom. The van der Waals surface area contributed by atoms with E-state index >= 15 is 0 Å². The zero-order chi connectivity index (χ0) is 13.1. The van der Waals surface area contributed by atoms with E-state index in [0.717, 1.165) is 0 Å². The number of para-hydroxylation sites is 1. The summed E-state index contributed by atoms with van der Waals surface area (Å²) in [7, 11) is 0. The van der Waals surface area contributed by atoms with Gasteiger partial charge >= 0.3 is 0 Å². The van der Waals surface area contributed by atoms with Crippen molar-refractivity contribution < 1.29 is 19.0 Å². The third-order valence-corrected chi connectivity index (χ3v) is 2.87. The summed E-state index contributed by atoms with van der Waals surface area (Å²) in [4.78, 5) is 11.8. The molecule has 0 bridgehead atoms. The lowest BCUT2D eigenvalue weighted by Gasteiger charge is -2.12. The molecular formula is C13H16FNO3. The van der Waals surface area contributed by atoms with Gasteiger partial charge in [-0.25, -0.2) is 4.39 Å². The molecule has 1 aliphatic heterocycles. The average molecular weight is 253 g/mol. The van der Waals surface area contributed by atoms with Gasteiger partial charge in [0, 0.05) is 18.5 Å². The van der Waals surface area contributed by atoms with Crippen molar-refractivity contribution in [1.82, 2.24) is 5.32 Å². The van der Waals surface area contributed by atoms with Crippen LogP contribution in [-0.2, 0) is 11.2 Å². The van der Waals surface area contributed by atoms with E-state index in [-0.39, 0.29) is 11.7 Å². The Bertz CT molecular complexity index is 448. The summed E-state index contributed by atoms with van der Waals surface area (Å²) in [5.41, 5.74) is 0.714. The summed E-state index contributed by atoms with van der Waals surface area (Å²) in [6.45, 7) is 2.04. The van der Waals surface area contributed by atoms with Gasteiger partial charge in [-0.1, -0.05) is 12.1 Å². The van der Waals surface area contributed by atoms with Crippen LogP contribution in [0.15, 0.2) is 18.2 Å². The van der Waals surface area contributed by atoms with Crippen LogP contribution in [0.4, 0.5) is 4.39 Å². The highest BCUT2D eigenvalue weighted by Gasteiger charge is 2.30. The summed E-state index contributed by atoms with van der Waals surface area (Å²) in [5.74, 6) is -0.536. The number of aliphatic hydroxyl groups is 1. The smallest absolute Gasteiger partial charge is 0.261 e. The second kappa shape index (κ2) is 5.35. The molecule has 18 heavy (non-hydrogen) atoms. The van der Waals surface area contributed by atoms with Gasteiger partial charge in [-0.05, 0) is 19.4 Å². The topological polar surface area (TPSA) is 58.6 Å². The van der Waals surface area contributed by atoms with Gasteiger partial charge in [-0.15, -0.1) is 0 Å². The monoisotopic (exact) mass is 253 g/mol. The van der Waals surface area contributed by atoms with Crippen LogP contribution in [0.25, 0.3) is 0 Å². The van der Waals surface area contributed by atoms with Crippen molar-refractivity contribution in [3.63, 3.8) is 0 Å². The van der Waals surface area contributed by atoms with E-state index in [2.05, 4.69) is 5.32 Å². The minimum Gasteiger partial charge on any atom is -0.477 e. The predicted octanol–water partition coefficient (Wildman–Crippen LogP) is 1.02. The molecular weight excluding hydrogens is 237 g/mol. The first kappa shape index (κ1) is 12.8. The number of amides is 1. The first-order chi connectivity index (χ1) is 8.58. The molecule has 2 rings (SSSR count). The molecule has 5 heteroatoms. The number of carbonyl (C=O) groups is 1. The Hall–Kier alpha value is -1.62. The summed E-state index contributed by atoms with van der Waals surface area (Å²) in [6, 6.07) is 4.67. The molecule has 98 valence electrons. The minimum atomic E-state index is -0.675. The maximum atomic E-state index is 13.4. The first-order valence-corrected chi connectivity index (χ1v) is 5.97. The lowest BCUT2D eigenvalue weighted by Crippen LogP contribution is -2.38. The van der Waals surface area contributed by atoms with Crippen LogP contribution in [0.5, 0.6) is 5.75 Å². The predicted molar refractivity (Wildman–Crippen MR) is 63.8 cm³/mol. The number of carbonyl (C=O) groups excluding carboxylic acids is 1. The molecule has 0 saturated heterocycles. The molecule has 0 fully saturated rings. The quantitative estimate of drug-likeness (QED) is 0.842. The lowest BCUT2D eigenvalue weighted by molar-refractivity contribution is -0.127. The third kappa shape index (κ3) is 2.79. The molecule has 2 atom stereocenters. The molecule has 0 aromatic heterocycles. The van der Waals surface area contributed by atoms with E-state index in [1.165, 1.54) is 6.07 Å². The number of ether oxygens (including phenoxy) is 1. The van der Waals surface area contributed by atoms with Crippen LogP contribution in [0.3, 0.4) is 0 Å². The molecule has 1 heterocycles. The van der Waals surface area contributed by atoms with Gasteiger partial charge in [-0.2, -0.15) is 0 Å². The standard InChI is InChI=1S/C13H16FNO3/c1-8(16)5-6-15-13(17)11-7-9-3-2-4-10(14)12(9)18-11/h2-4,8,11,16H,5-7H2,1H3,(H,15,17). The van der Waals surface area contributed by atoms with Crippen LogP contribution in [0.1, 0.15) is 18.9 Å². The fourth-order valence-electron chi connectivity index (χ4n) is 1.89. The van der Waals surface area contributed by atoms with Crippen LogP contribution in [-0.4, -0.2) is 29.8 Å². The van der Waals surface area contributed by atoms with Gasteiger partial charge < -0.3 is 15.2 Å². The summed E-state index contributed by atoms with van der Waals surface area (Å²) in [6.07, 6.45) is -0.261. The molecule has 0 spiro atoms. The van der Waals surface area contributed by atoms with Crippen molar-refractivity contribution in [2.45, 2.75) is 32.0 Å². The Morgan fingerprint density at radius 1 is 1.67 bits per heavy atom. The van der Waals surface area contributed by atoms with Gasteiger partial charge in [0.25, 0.3) is 5.91 Å². The summed E-state index contributed by atoms with van der Waals surface area (Å²) < 4.78 is 18.7. The normalized spacial score (nSPS) is 18.9. The van der Waals surface area contributed by atoms with E-state index in [1.54, 1.807) is 19.1 Å². The third-order valence-electron chi connectivity index (χ3n) is 2.87. The van der Waals surface area contributed by atoms with Gasteiger partial charge in [0.1, 0.15) is 0 Å². The Kier molecular flexibility index (Phi) is 3.81. The largest absolute Gasteiger partial charge is 0.477 e. The number of fused-ring (bicyclic) bond motifs is 1. The molecule has 2 unspecified atom stereocenters. The Labute approximate surface area is 105 Å². The molecule has 0 saturated carbocycles. The molecule has 4 nitrogen and oxygen atoms in total. The summed E-state index contributed by atoms with van der Waals surface area (Å²) >= 11 is 0. The van der Waals surface area contributed by atoms with Crippen LogP contribution in [0.2, 0.25) is 0 Å². The number of hydrogen-bond donors (Lipinski definition) is 2. The number of hydrogen-bond acceptors (Lipinski definition) is 3. The van der Waals surface area contributed by atoms with Crippen molar-refractivity contribution in [2.24, 2.45) is 0 Å². The number of aliphatic hydroxyl groups excluding tert-OH is 1. The maximum absolute atomic E-state index is 13.4. The van der Waals surface area contributed by atoms with Crippen molar-refractivity contribution in [3.05, 3.63) is 29.6 Å². The van der Waals surface area contributed by atoms with E-state index in [4.69, 9.17) is 9.84 Å². The fraction of sp³-hybridized carbons (Fsp3) is 0.462. The van der Waals surface area contributed by atoms with Crippen LogP contribution < -0.4 is 10.1 Å². The molecule has 0 aliphatic carbocycles. The molecule has 1 amide bonds. The summed E-state index contributed by atoms with van der Waals surface area (Å²) in [5, 5.41) is 11.7. The Morgan fingerprint density at radius 3 is 3.11 bits per heavy atom. The van der Waals surface area contributed by atoms with Crippen molar-refractivity contribution in [2.75, 3.05) is 6.54 Å². The van der Waals surface area contributed by atoms with Gasteiger partial charge in [0.2, 0.25) is 0 Å². The van der Waals surface area contributed by atoms with E-state index in [1.807, 2.05) is 0 Å². The van der Waals surface area contributed by atoms with Crippen LogP contribution in [0, 0.1) is 5.82 Å². The highest BCUT2D eigenvalue weighted by Crippen LogP contribution is 2.31. The molecule has 1 aromatic rings. The lowest BCUT2D eigenvalue weighted by atomic mass is 10.1. The zero-order valence-electron chi connectivity index (χ0n) is 10.1. The zero-order valence-corrected chi connectivity index (χ0v) is 10.1.